The van der Waals surface area contributed by atoms with Crippen molar-refractivity contribution in [2.75, 3.05) is 18.0 Å². The highest BCUT2D eigenvalue weighted by molar-refractivity contribution is 6.31. The van der Waals surface area contributed by atoms with Crippen LogP contribution in [0.4, 0.5) is 5.82 Å². The van der Waals surface area contributed by atoms with E-state index in [2.05, 4.69) is 28.4 Å². The molecule has 1 N–H and O–H groups in total. The zero-order valence-corrected chi connectivity index (χ0v) is 11.9. The lowest BCUT2D eigenvalue weighted by Gasteiger charge is -2.21. The number of hydrogen-bond donors (Lipinski definition) is 1. The van der Waals surface area contributed by atoms with Gasteiger partial charge in [0, 0.05) is 25.7 Å². The zero-order chi connectivity index (χ0) is 13.7. The number of hydrogen-bond acceptors (Lipinski definition) is 3. The third-order valence-corrected chi connectivity index (χ3v) is 3.41. The Hall–Kier alpha value is -1.32. The van der Waals surface area contributed by atoms with Crippen molar-refractivity contribution in [3.63, 3.8) is 0 Å². The van der Waals surface area contributed by atoms with Gasteiger partial charge in [0.1, 0.15) is 5.82 Å². The monoisotopic (exact) mass is 277 g/mol. The van der Waals surface area contributed by atoms with E-state index in [1.807, 2.05) is 24.3 Å². The van der Waals surface area contributed by atoms with Crippen LogP contribution in [0.15, 0.2) is 37.4 Å². The summed E-state index contributed by atoms with van der Waals surface area (Å²) in [7, 11) is 0. The van der Waals surface area contributed by atoms with Gasteiger partial charge in [-0.25, -0.2) is 4.98 Å². The molecule has 19 heavy (non-hydrogen) atoms. The van der Waals surface area contributed by atoms with E-state index in [0.29, 0.717) is 11.1 Å². The summed E-state index contributed by atoms with van der Waals surface area (Å²) in [6.45, 7) is 9.77. The quantitative estimate of drug-likeness (QED) is 0.740. The van der Waals surface area contributed by atoms with Crippen molar-refractivity contribution in [1.82, 2.24) is 10.3 Å². The Kier molecular flexibility index (Phi) is 5.00. The Morgan fingerprint density at radius 2 is 2.00 bits per heavy atom. The lowest BCUT2D eigenvalue weighted by Crippen LogP contribution is -2.25. The van der Waals surface area contributed by atoms with Crippen LogP contribution in [0, 0.1) is 0 Å². The third-order valence-electron chi connectivity index (χ3n) is 3.06. The van der Waals surface area contributed by atoms with E-state index in [4.69, 9.17) is 11.6 Å². The fraction of sp³-hybridized carbons (Fsp3) is 0.400. The van der Waals surface area contributed by atoms with Crippen molar-refractivity contribution in [3.05, 3.63) is 48.2 Å². The van der Waals surface area contributed by atoms with Gasteiger partial charge in [0.2, 0.25) is 0 Å². The minimum absolute atomic E-state index is 0.652. The lowest BCUT2D eigenvalue weighted by atomic mass is 10.3. The molecule has 1 aromatic heterocycles. The Labute approximate surface area is 120 Å². The van der Waals surface area contributed by atoms with Crippen LogP contribution >= 0.6 is 11.6 Å². The van der Waals surface area contributed by atoms with Gasteiger partial charge < -0.3 is 10.2 Å². The second kappa shape index (κ2) is 6.73. The third kappa shape index (κ3) is 4.08. The molecule has 0 saturated heterocycles. The van der Waals surface area contributed by atoms with Crippen molar-refractivity contribution in [1.29, 1.82) is 0 Å². The first-order chi connectivity index (χ1) is 9.24. The molecular weight excluding hydrogens is 258 g/mol. The van der Waals surface area contributed by atoms with Crippen LogP contribution in [0.25, 0.3) is 0 Å². The van der Waals surface area contributed by atoms with E-state index in [0.717, 1.165) is 31.1 Å². The first-order valence-electron chi connectivity index (χ1n) is 6.60. The van der Waals surface area contributed by atoms with E-state index in [9.17, 15) is 0 Å². The maximum Gasteiger partial charge on any atom is 0.129 e. The topological polar surface area (TPSA) is 28.2 Å². The molecular formula is C15H20ClN3. The summed E-state index contributed by atoms with van der Waals surface area (Å²) in [5, 5.41) is 4.15. The van der Waals surface area contributed by atoms with Crippen LogP contribution in [0.3, 0.4) is 0 Å². The number of halogens is 1. The Bertz CT molecular complexity index is 445. The van der Waals surface area contributed by atoms with Crippen LogP contribution in [0.1, 0.15) is 18.5 Å². The predicted octanol–water partition coefficient (Wildman–Crippen LogP) is 3.17. The molecule has 1 aliphatic rings. The normalized spacial score (nSPS) is 14.2. The molecule has 1 heterocycles. The Balaban J connectivity index is 2.11. The highest BCUT2D eigenvalue weighted by Crippen LogP contribution is 2.22. The van der Waals surface area contributed by atoms with Gasteiger partial charge in [0.25, 0.3) is 0 Å². The van der Waals surface area contributed by atoms with Gasteiger partial charge in [-0.15, -0.1) is 13.2 Å². The highest BCUT2D eigenvalue weighted by Gasteiger charge is 2.21. The lowest BCUT2D eigenvalue weighted by molar-refractivity contribution is 0.673. The average Bonchev–Trinajstić information content (AvgIpc) is 3.22. The Morgan fingerprint density at radius 1 is 1.32 bits per heavy atom. The van der Waals surface area contributed by atoms with Crippen LogP contribution in [-0.2, 0) is 6.54 Å². The molecule has 4 heteroatoms. The number of rotatable bonds is 8. The van der Waals surface area contributed by atoms with E-state index in [-0.39, 0.29) is 0 Å². The van der Waals surface area contributed by atoms with Crippen LogP contribution < -0.4 is 10.2 Å². The highest BCUT2D eigenvalue weighted by atomic mass is 35.5. The smallest absolute Gasteiger partial charge is 0.129 e. The molecule has 0 aromatic carbocycles. The van der Waals surface area contributed by atoms with Crippen molar-refractivity contribution in [3.8, 4) is 0 Å². The van der Waals surface area contributed by atoms with E-state index < -0.39 is 0 Å². The molecule has 0 atom stereocenters. The molecule has 0 amide bonds. The number of aromatic nitrogens is 1. The molecule has 0 unspecified atom stereocenters. The number of pyridine rings is 1. The van der Waals surface area contributed by atoms with Crippen molar-refractivity contribution in [2.45, 2.75) is 25.4 Å². The minimum atomic E-state index is 0.652. The summed E-state index contributed by atoms with van der Waals surface area (Å²) in [4.78, 5) is 6.75. The molecule has 0 aliphatic heterocycles. The number of nitrogens with one attached hydrogen (secondary N) is 1. The predicted molar refractivity (Wildman–Crippen MR) is 81.7 cm³/mol. The van der Waals surface area contributed by atoms with Crippen LogP contribution in [0.5, 0.6) is 0 Å². The molecule has 1 saturated carbocycles. The van der Waals surface area contributed by atoms with Crippen molar-refractivity contribution in [2.24, 2.45) is 0 Å². The fourth-order valence-electron chi connectivity index (χ4n) is 1.87. The zero-order valence-electron chi connectivity index (χ0n) is 11.1. The summed E-state index contributed by atoms with van der Waals surface area (Å²) in [6.07, 6.45) is 6.25. The van der Waals surface area contributed by atoms with E-state index in [1.54, 1.807) is 0 Å². The maximum atomic E-state index is 6.20. The molecule has 1 aromatic rings. The summed E-state index contributed by atoms with van der Waals surface area (Å²) < 4.78 is 0. The molecule has 2 rings (SSSR count). The van der Waals surface area contributed by atoms with Gasteiger partial charge >= 0.3 is 0 Å². The first-order valence-corrected chi connectivity index (χ1v) is 6.98. The molecule has 0 radical (unpaired) electrons. The average molecular weight is 278 g/mol. The van der Waals surface area contributed by atoms with Gasteiger partial charge in [-0.2, -0.15) is 0 Å². The van der Waals surface area contributed by atoms with Gasteiger partial charge in [-0.3, -0.25) is 0 Å². The largest absolute Gasteiger partial charge is 0.349 e. The summed E-state index contributed by atoms with van der Waals surface area (Å²) in [5.74, 6) is 0.914. The molecule has 0 bridgehead atoms. The maximum absolute atomic E-state index is 6.20. The molecule has 102 valence electrons. The van der Waals surface area contributed by atoms with Gasteiger partial charge in [-0.05, 0) is 25.0 Å². The van der Waals surface area contributed by atoms with Gasteiger partial charge in [0.05, 0.1) is 10.7 Å². The second-order valence-electron chi connectivity index (χ2n) is 4.74. The number of anilines is 1. The fourth-order valence-corrected chi connectivity index (χ4v) is 2.05. The standard InChI is InChI=1S/C15H20ClN3/c1-3-9-19(10-4-2)15-8-7-13(16)14(18-15)11-17-12-5-6-12/h3-4,7-8,12,17H,1-2,5-6,9-11H2. The van der Waals surface area contributed by atoms with Crippen LogP contribution in [-0.4, -0.2) is 24.1 Å². The number of nitrogens with zero attached hydrogens (tertiary/aromatic N) is 2. The van der Waals surface area contributed by atoms with Gasteiger partial charge in [-0.1, -0.05) is 23.8 Å². The SMILES string of the molecule is C=CCN(CC=C)c1ccc(Cl)c(CNC2CC2)n1. The Morgan fingerprint density at radius 3 is 2.58 bits per heavy atom. The summed E-state index contributed by atoms with van der Waals surface area (Å²) >= 11 is 6.20. The molecule has 3 nitrogen and oxygen atoms in total. The summed E-state index contributed by atoms with van der Waals surface area (Å²) in [5.41, 5.74) is 0.907. The van der Waals surface area contributed by atoms with Crippen molar-refractivity contribution < 1.29 is 0 Å². The van der Waals surface area contributed by atoms with E-state index >= 15 is 0 Å². The second-order valence-corrected chi connectivity index (χ2v) is 5.14. The molecule has 1 aliphatic carbocycles. The summed E-state index contributed by atoms with van der Waals surface area (Å²) in [6, 6.07) is 4.50. The van der Waals surface area contributed by atoms with E-state index in [1.165, 1.54) is 12.8 Å². The van der Waals surface area contributed by atoms with Crippen molar-refractivity contribution >= 4 is 17.4 Å². The van der Waals surface area contributed by atoms with Crippen LogP contribution in [0.2, 0.25) is 5.02 Å². The molecule has 0 spiro atoms. The molecule has 1 fully saturated rings. The first kappa shape index (κ1) is 14.1. The minimum Gasteiger partial charge on any atom is -0.349 e. The van der Waals surface area contributed by atoms with Gasteiger partial charge in [0.15, 0.2) is 0 Å².